The molecule has 114 valence electrons. The average Bonchev–Trinajstić information content (AvgIpc) is 3.17. The molecule has 3 aliphatic rings. The van der Waals surface area contributed by atoms with Gasteiger partial charge in [0.2, 0.25) is 0 Å². The monoisotopic (exact) mass is 288 g/mol. The third-order valence-electron chi connectivity index (χ3n) is 5.14. The summed E-state index contributed by atoms with van der Waals surface area (Å²) in [6.45, 7) is 4.20. The van der Waals surface area contributed by atoms with Crippen molar-refractivity contribution in [1.82, 2.24) is 14.9 Å². The van der Waals surface area contributed by atoms with Gasteiger partial charge in [-0.25, -0.2) is 9.97 Å². The first kappa shape index (κ1) is 13.5. The summed E-state index contributed by atoms with van der Waals surface area (Å²) < 4.78 is 5.47. The Balaban J connectivity index is 1.39. The molecule has 1 aromatic heterocycles. The Morgan fingerprint density at radius 1 is 1.14 bits per heavy atom. The standard InChI is InChI=1S/C16H24N4O/c1-2-14-15(3-1)17-11-18-16(14)19-12-4-7-20(10-12)13-5-8-21-9-6-13/h11-13H,1-10H2,(H,17,18,19). The minimum atomic E-state index is 0.535. The molecular weight excluding hydrogens is 264 g/mol. The van der Waals surface area contributed by atoms with Crippen LogP contribution in [0.3, 0.4) is 0 Å². The Labute approximate surface area is 126 Å². The summed E-state index contributed by atoms with van der Waals surface area (Å²) in [4.78, 5) is 11.5. The fraction of sp³-hybridized carbons (Fsp3) is 0.750. The Morgan fingerprint density at radius 3 is 2.95 bits per heavy atom. The molecule has 4 rings (SSSR count). The van der Waals surface area contributed by atoms with E-state index in [-0.39, 0.29) is 0 Å². The maximum Gasteiger partial charge on any atom is 0.133 e. The van der Waals surface area contributed by atoms with Gasteiger partial charge in [-0.2, -0.15) is 0 Å². The molecule has 0 aromatic carbocycles. The quantitative estimate of drug-likeness (QED) is 0.916. The highest BCUT2D eigenvalue weighted by Gasteiger charge is 2.30. The zero-order chi connectivity index (χ0) is 14.1. The molecule has 2 aliphatic heterocycles. The second kappa shape index (κ2) is 5.89. The van der Waals surface area contributed by atoms with Gasteiger partial charge in [-0.1, -0.05) is 0 Å². The molecule has 1 aromatic rings. The van der Waals surface area contributed by atoms with E-state index < -0.39 is 0 Å². The van der Waals surface area contributed by atoms with Crippen LogP contribution in [0.25, 0.3) is 0 Å². The summed E-state index contributed by atoms with van der Waals surface area (Å²) in [5, 5.41) is 3.69. The van der Waals surface area contributed by atoms with Gasteiger partial charge in [0.25, 0.3) is 0 Å². The fourth-order valence-corrected chi connectivity index (χ4v) is 3.96. The van der Waals surface area contributed by atoms with Crippen LogP contribution in [0.5, 0.6) is 0 Å². The predicted molar refractivity (Wildman–Crippen MR) is 81.5 cm³/mol. The number of hydrogen-bond acceptors (Lipinski definition) is 5. The van der Waals surface area contributed by atoms with Gasteiger partial charge in [0.05, 0.1) is 0 Å². The van der Waals surface area contributed by atoms with Crippen LogP contribution in [0.2, 0.25) is 0 Å². The summed E-state index contributed by atoms with van der Waals surface area (Å²) in [6.07, 6.45) is 8.79. The molecule has 1 N–H and O–H groups in total. The van der Waals surface area contributed by atoms with Crippen molar-refractivity contribution in [3.63, 3.8) is 0 Å². The van der Waals surface area contributed by atoms with Crippen molar-refractivity contribution in [2.24, 2.45) is 0 Å². The van der Waals surface area contributed by atoms with Gasteiger partial charge < -0.3 is 10.1 Å². The van der Waals surface area contributed by atoms with E-state index in [2.05, 4.69) is 20.2 Å². The zero-order valence-corrected chi connectivity index (χ0v) is 12.6. The highest BCUT2D eigenvalue weighted by molar-refractivity contribution is 5.48. The van der Waals surface area contributed by atoms with Gasteiger partial charge in [0, 0.05) is 49.6 Å². The number of nitrogens with zero attached hydrogens (tertiary/aromatic N) is 3. The molecule has 0 saturated carbocycles. The molecule has 21 heavy (non-hydrogen) atoms. The molecule has 5 nitrogen and oxygen atoms in total. The third-order valence-corrected chi connectivity index (χ3v) is 5.14. The van der Waals surface area contributed by atoms with Gasteiger partial charge in [0.15, 0.2) is 0 Å². The maximum atomic E-state index is 5.47. The van der Waals surface area contributed by atoms with Gasteiger partial charge in [-0.3, -0.25) is 4.90 Å². The van der Waals surface area contributed by atoms with Crippen LogP contribution in [-0.4, -0.2) is 53.3 Å². The van der Waals surface area contributed by atoms with Gasteiger partial charge in [-0.05, 0) is 38.5 Å². The molecule has 3 heterocycles. The number of hydrogen-bond donors (Lipinski definition) is 1. The second-order valence-corrected chi connectivity index (χ2v) is 6.47. The molecule has 5 heteroatoms. The van der Waals surface area contributed by atoms with Crippen molar-refractivity contribution in [3.8, 4) is 0 Å². The molecule has 2 fully saturated rings. The van der Waals surface area contributed by atoms with Crippen molar-refractivity contribution < 1.29 is 4.74 Å². The summed E-state index contributed by atoms with van der Waals surface area (Å²) in [7, 11) is 0. The fourth-order valence-electron chi connectivity index (χ4n) is 3.96. The van der Waals surface area contributed by atoms with Crippen molar-refractivity contribution in [3.05, 3.63) is 17.6 Å². The van der Waals surface area contributed by atoms with E-state index in [0.717, 1.165) is 44.5 Å². The van der Waals surface area contributed by atoms with Gasteiger partial charge >= 0.3 is 0 Å². The van der Waals surface area contributed by atoms with E-state index in [0.29, 0.717) is 6.04 Å². The third kappa shape index (κ3) is 2.77. The number of ether oxygens (including phenoxy) is 1. The van der Waals surface area contributed by atoms with E-state index in [1.807, 2.05) is 0 Å². The molecule has 0 bridgehead atoms. The van der Waals surface area contributed by atoms with E-state index in [1.54, 1.807) is 6.33 Å². The smallest absolute Gasteiger partial charge is 0.133 e. The number of fused-ring (bicyclic) bond motifs is 1. The summed E-state index contributed by atoms with van der Waals surface area (Å²) in [5.74, 6) is 1.09. The van der Waals surface area contributed by atoms with Crippen molar-refractivity contribution in [2.45, 2.75) is 50.6 Å². The Bertz CT molecular complexity index is 501. The van der Waals surface area contributed by atoms with Crippen LogP contribution in [0.1, 0.15) is 36.9 Å². The molecule has 0 spiro atoms. The lowest BCUT2D eigenvalue weighted by Gasteiger charge is -2.31. The first-order chi connectivity index (χ1) is 10.4. The van der Waals surface area contributed by atoms with Crippen LogP contribution in [0.4, 0.5) is 5.82 Å². The highest BCUT2D eigenvalue weighted by atomic mass is 16.5. The normalized spacial score (nSPS) is 27.0. The van der Waals surface area contributed by atoms with Crippen molar-refractivity contribution in [2.75, 3.05) is 31.6 Å². The largest absolute Gasteiger partial charge is 0.381 e. The second-order valence-electron chi connectivity index (χ2n) is 6.47. The first-order valence-corrected chi connectivity index (χ1v) is 8.31. The average molecular weight is 288 g/mol. The van der Waals surface area contributed by atoms with Crippen LogP contribution in [-0.2, 0) is 17.6 Å². The van der Waals surface area contributed by atoms with Crippen LogP contribution >= 0.6 is 0 Å². The minimum Gasteiger partial charge on any atom is -0.381 e. The Kier molecular flexibility index (Phi) is 3.78. The van der Waals surface area contributed by atoms with E-state index in [9.17, 15) is 0 Å². The molecule has 1 unspecified atom stereocenters. The number of anilines is 1. The highest BCUT2D eigenvalue weighted by Crippen LogP contribution is 2.27. The van der Waals surface area contributed by atoms with Crippen LogP contribution in [0.15, 0.2) is 6.33 Å². The van der Waals surface area contributed by atoms with Crippen molar-refractivity contribution >= 4 is 5.82 Å². The lowest BCUT2D eigenvalue weighted by molar-refractivity contribution is 0.0421. The number of aryl methyl sites for hydroxylation is 1. The number of nitrogens with one attached hydrogen (secondary N) is 1. The molecule has 1 aliphatic carbocycles. The van der Waals surface area contributed by atoms with Crippen molar-refractivity contribution in [1.29, 1.82) is 0 Å². The lowest BCUT2D eigenvalue weighted by atomic mass is 10.1. The molecule has 0 amide bonds. The number of aromatic nitrogens is 2. The van der Waals surface area contributed by atoms with E-state index in [1.165, 1.54) is 43.5 Å². The lowest BCUT2D eigenvalue weighted by Crippen LogP contribution is -2.39. The first-order valence-electron chi connectivity index (χ1n) is 8.31. The van der Waals surface area contributed by atoms with Gasteiger partial charge in [0.1, 0.15) is 12.1 Å². The molecule has 2 saturated heterocycles. The van der Waals surface area contributed by atoms with E-state index in [4.69, 9.17) is 4.74 Å². The molecule has 0 radical (unpaired) electrons. The predicted octanol–water partition coefficient (Wildman–Crippen LogP) is 1.63. The molecular formula is C16H24N4O. The van der Waals surface area contributed by atoms with Gasteiger partial charge in [-0.15, -0.1) is 0 Å². The summed E-state index contributed by atoms with van der Waals surface area (Å²) >= 11 is 0. The maximum absolute atomic E-state index is 5.47. The van der Waals surface area contributed by atoms with Crippen LogP contribution in [0, 0.1) is 0 Å². The van der Waals surface area contributed by atoms with Crippen LogP contribution < -0.4 is 5.32 Å². The number of likely N-dealkylation sites (tertiary alicyclic amines) is 1. The zero-order valence-electron chi connectivity index (χ0n) is 12.6. The summed E-state index contributed by atoms with van der Waals surface area (Å²) in [5.41, 5.74) is 2.62. The Morgan fingerprint density at radius 2 is 2.05 bits per heavy atom. The number of rotatable bonds is 3. The molecule has 1 atom stereocenters. The SMILES string of the molecule is c1nc2c(c(NC3CCN(C4CCOCC4)C3)n1)CCC2. The Hall–Kier alpha value is -1.20. The topological polar surface area (TPSA) is 50.3 Å². The summed E-state index contributed by atoms with van der Waals surface area (Å²) in [6, 6.07) is 1.26. The minimum absolute atomic E-state index is 0.535. The van der Waals surface area contributed by atoms with E-state index >= 15 is 0 Å².